The third kappa shape index (κ3) is 5.48. The summed E-state index contributed by atoms with van der Waals surface area (Å²) in [5.74, 6) is -0.641. The smallest absolute Gasteiger partial charge is 0.350 e. The molecule has 0 aliphatic carbocycles. The van der Waals surface area contributed by atoms with Crippen molar-refractivity contribution >= 4 is 5.91 Å². The Labute approximate surface area is 197 Å². The average molecular weight is 474 g/mol. The largest absolute Gasteiger partial charge is 0.488 e. The number of likely N-dealkylation sites (N-methyl/N-ethyl adjacent to an activating group) is 1. The summed E-state index contributed by atoms with van der Waals surface area (Å²) in [6, 6.07) is 2.37. The number of benzene rings is 1. The maximum atomic E-state index is 15.3. The number of carbonyl (C=O) groups is 1. The van der Waals surface area contributed by atoms with Crippen molar-refractivity contribution in [3.8, 4) is 11.4 Å². The fraction of sp³-hybridized carbons (Fsp3) is 0.435. The molecule has 2 aromatic rings. The molecule has 1 aliphatic rings. The van der Waals surface area contributed by atoms with E-state index < -0.39 is 17.4 Å². The standard InChI is InChI=1S/C23H32FN7O3/c1-14(8-9-25)21(26)27-22(32)16-11-17(24)18(12-19(16)34-15(2)13-29(3)4)31-23(33)30-10-6-5-7-20(30)28-31/h8-9,11-12,15H,5-7,10,13,25-26H2,1-4H3,(H,27,32)/b9-8-,21-14+. The number of aromatic nitrogens is 3. The number of nitrogens with two attached hydrogens (primary N) is 2. The maximum absolute atomic E-state index is 15.3. The Bertz CT molecular complexity index is 1180. The van der Waals surface area contributed by atoms with Crippen molar-refractivity contribution in [2.45, 2.75) is 45.8 Å². The molecule has 1 aliphatic heterocycles. The van der Waals surface area contributed by atoms with Crippen LogP contribution in [0.5, 0.6) is 5.75 Å². The van der Waals surface area contributed by atoms with E-state index in [1.165, 1.54) is 18.3 Å². The predicted molar refractivity (Wildman–Crippen MR) is 127 cm³/mol. The fourth-order valence-electron chi connectivity index (χ4n) is 3.83. The van der Waals surface area contributed by atoms with Crippen LogP contribution >= 0.6 is 0 Å². The molecule has 0 saturated heterocycles. The van der Waals surface area contributed by atoms with Gasteiger partial charge in [-0.15, -0.1) is 5.10 Å². The number of fused-ring (bicyclic) bond motifs is 1. The topological polar surface area (TPSA) is 133 Å². The molecule has 11 heteroatoms. The third-order valence-electron chi connectivity index (χ3n) is 5.46. The van der Waals surface area contributed by atoms with E-state index >= 15 is 4.39 Å². The van der Waals surface area contributed by atoms with Crippen LogP contribution in [0, 0.1) is 5.82 Å². The summed E-state index contributed by atoms with van der Waals surface area (Å²) in [4.78, 5) is 27.8. The normalized spacial score (nSPS) is 15.2. The van der Waals surface area contributed by atoms with Gasteiger partial charge in [0.25, 0.3) is 5.91 Å². The van der Waals surface area contributed by atoms with Gasteiger partial charge in [0.2, 0.25) is 0 Å². The van der Waals surface area contributed by atoms with Crippen molar-refractivity contribution in [1.29, 1.82) is 0 Å². The molecule has 0 radical (unpaired) electrons. The molecule has 3 rings (SSSR count). The maximum Gasteiger partial charge on any atom is 0.350 e. The van der Waals surface area contributed by atoms with Gasteiger partial charge in [-0.1, -0.05) is 0 Å². The van der Waals surface area contributed by atoms with Crippen LogP contribution in [0.1, 0.15) is 42.9 Å². The monoisotopic (exact) mass is 473 g/mol. The Morgan fingerprint density at radius 3 is 2.76 bits per heavy atom. The lowest BCUT2D eigenvalue weighted by Gasteiger charge is -2.21. The first-order valence-electron chi connectivity index (χ1n) is 11.1. The van der Waals surface area contributed by atoms with Crippen LogP contribution in [0.15, 0.2) is 40.6 Å². The number of ether oxygens (including phenoxy) is 1. The number of rotatable bonds is 8. The molecule has 0 spiro atoms. The van der Waals surface area contributed by atoms with Crippen LogP contribution in [0.3, 0.4) is 0 Å². The predicted octanol–water partition coefficient (Wildman–Crippen LogP) is 1.23. The summed E-state index contributed by atoms with van der Waals surface area (Å²) in [6.45, 7) is 4.60. The van der Waals surface area contributed by atoms with Gasteiger partial charge in [0.15, 0.2) is 0 Å². The van der Waals surface area contributed by atoms with Gasteiger partial charge in [0.05, 0.1) is 5.56 Å². The Hall–Kier alpha value is -3.60. The Balaban J connectivity index is 2.07. The molecule has 0 bridgehead atoms. The number of hydrogen-bond donors (Lipinski definition) is 3. The lowest BCUT2D eigenvalue weighted by molar-refractivity contribution is 0.0956. The molecule has 0 saturated carbocycles. The molecule has 184 valence electrons. The second-order valence-electron chi connectivity index (χ2n) is 8.62. The Kier molecular flexibility index (Phi) is 7.77. The highest BCUT2D eigenvalue weighted by atomic mass is 19.1. The van der Waals surface area contributed by atoms with E-state index in [0.717, 1.165) is 23.6 Å². The molecule has 34 heavy (non-hydrogen) atoms. The molecule has 1 amide bonds. The highest BCUT2D eigenvalue weighted by Crippen LogP contribution is 2.27. The zero-order chi connectivity index (χ0) is 25.0. The number of halogens is 1. The number of allylic oxidation sites excluding steroid dienone is 2. The van der Waals surface area contributed by atoms with Crippen LogP contribution in [0.25, 0.3) is 5.69 Å². The van der Waals surface area contributed by atoms with Crippen molar-refractivity contribution < 1.29 is 13.9 Å². The van der Waals surface area contributed by atoms with Crippen LogP contribution in [-0.4, -0.2) is 51.9 Å². The van der Waals surface area contributed by atoms with E-state index in [1.807, 2.05) is 25.9 Å². The summed E-state index contributed by atoms with van der Waals surface area (Å²) in [6.07, 6.45) is 4.93. The van der Waals surface area contributed by atoms with Crippen molar-refractivity contribution in [3.63, 3.8) is 0 Å². The lowest BCUT2D eigenvalue weighted by Crippen LogP contribution is -2.31. The summed E-state index contributed by atoms with van der Waals surface area (Å²) in [5, 5.41) is 6.87. The van der Waals surface area contributed by atoms with Gasteiger partial charge >= 0.3 is 5.69 Å². The number of carbonyl (C=O) groups excluding carboxylic acids is 1. The van der Waals surface area contributed by atoms with Gasteiger partial charge in [-0.2, -0.15) is 4.68 Å². The fourth-order valence-corrected chi connectivity index (χ4v) is 3.83. The summed E-state index contributed by atoms with van der Waals surface area (Å²) < 4.78 is 23.9. The zero-order valence-corrected chi connectivity index (χ0v) is 20.0. The van der Waals surface area contributed by atoms with Crippen molar-refractivity contribution in [2.24, 2.45) is 11.5 Å². The van der Waals surface area contributed by atoms with E-state index in [4.69, 9.17) is 16.2 Å². The van der Waals surface area contributed by atoms with Gasteiger partial charge in [0.1, 0.15) is 35.0 Å². The lowest BCUT2D eigenvalue weighted by atomic mass is 10.1. The molecular formula is C23H32FN7O3. The van der Waals surface area contributed by atoms with E-state index in [-0.39, 0.29) is 28.9 Å². The molecule has 1 unspecified atom stereocenters. The van der Waals surface area contributed by atoms with Crippen LogP contribution in [-0.2, 0) is 13.0 Å². The minimum absolute atomic E-state index is 0.0589. The number of aryl methyl sites for hydroxylation is 1. The van der Waals surface area contributed by atoms with Gasteiger partial charge < -0.3 is 26.4 Å². The SMILES string of the molecule is CC(/C=C\N)=C(/N)NC(=O)c1cc(F)c(-n2nc3n(c2=O)CCCC3)cc1OC(C)CN(C)C. The Morgan fingerprint density at radius 2 is 2.12 bits per heavy atom. The number of hydrogen-bond acceptors (Lipinski definition) is 7. The van der Waals surface area contributed by atoms with Crippen LogP contribution in [0.4, 0.5) is 4.39 Å². The molecule has 1 aromatic carbocycles. The van der Waals surface area contributed by atoms with Crippen molar-refractivity contribution in [3.05, 3.63) is 63.5 Å². The summed E-state index contributed by atoms with van der Waals surface area (Å²) >= 11 is 0. The molecule has 1 atom stereocenters. The van der Waals surface area contributed by atoms with E-state index in [2.05, 4.69) is 10.4 Å². The van der Waals surface area contributed by atoms with E-state index in [9.17, 15) is 9.59 Å². The molecule has 5 N–H and O–H groups in total. The highest BCUT2D eigenvalue weighted by molar-refractivity contribution is 5.98. The highest BCUT2D eigenvalue weighted by Gasteiger charge is 2.24. The second kappa shape index (κ2) is 10.6. The first-order valence-corrected chi connectivity index (χ1v) is 11.1. The molecule has 10 nitrogen and oxygen atoms in total. The van der Waals surface area contributed by atoms with Gasteiger partial charge in [-0.05, 0) is 64.7 Å². The first-order chi connectivity index (χ1) is 16.1. The van der Waals surface area contributed by atoms with E-state index in [0.29, 0.717) is 30.9 Å². The average Bonchev–Trinajstić information content (AvgIpc) is 3.10. The molecule has 1 aromatic heterocycles. The first kappa shape index (κ1) is 25.0. The summed E-state index contributed by atoms with van der Waals surface area (Å²) in [7, 11) is 3.77. The number of amides is 1. The molecule has 0 fully saturated rings. The zero-order valence-electron chi connectivity index (χ0n) is 20.0. The Morgan fingerprint density at radius 1 is 1.38 bits per heavy atom. The van der Waals surface area contributed by atoms with Gasteiger partial charge in [0, 0.05) is 25.6 Å². The number of nitrogens with zero attached hydrogens (tertiary/aromatic N) is 4. The molecule has 2 heterocycles. The molecular weight excluding hydrogens is 441 g/mol. The van der Waals surface area contributed by atoms with Gasteiger partial charge in [-0.3, -0.25) is 9.36 Å². The number of nitrogens with one attached hydrogen (secondary N) is 1. The third-order valence-corrected chi connectivity index (χ3v) is 5.46. The minimum atomic E-state index is -0.781. The van der Waals surface area contributed by atoms with E-state index in [1.54, 1.807) is 11.5 Å². The van der Waals surface area contributed by atoms with Crippen LogP contribution < -0.4 is 27.2 Å². The quantitative estimate of drug-likeness (QED) is 0.491. The second-order valence-corrected chi connectivity index (χ2v) is 8.62. The van der Waals surface area contributed by atoms with Crippen molar-refractivity contribution in [2.75, 3.05) is 20.6 Å². The summed E-state index contributed by atoms with van der Waals surface area (Å²) in [5.41, 5.74) is 11.3. The van der Waals surface area contributed by atoms with Gasteiger partial charge in [-0.25, -0.2) is 9.18 Å². The van der Waals surface area contributed by atoms with Crippen molar-refractivity contribution in [1.82, 2.24) is 24.6 Å². The minimum Gasteiger partial charge on any atom is -0.488 e. The van der Waals surface area contributed by atoms with Crippen LogP contribution in [0.2, 0.25) is 0 Å².